The molecule has 1 N–H and O–H groups in total. The molecule has 2 aliphatic rings. The van der Waals surface area contributed by atoms with Crippen molar-refractivity contribution in [1.29, 1.82) is 0 Å². The third-order valence-corrected chi connectivity index (χ3v) is 15.0. The normalized spacial score (nSPS) is 14.8. The van der Waals surface area contributed by atoms with Crippen LogP contribution in [-0.2, 0) is 16.2 Å². The van der Waals surface area contributed by atoms with Gasteiger partial charge < -0.3 is 14.3 Å². The quantitative estimate of drug-likeness (QED) is 0.169. The number of hydrogen-bond donors (Lipinski definition) is 1. The van der Waals surface area contributed by atoms with E-state index < -0.39 is 0 Å². The minimum absolute atomic E-state index is 0.0405. The van der Waals surface area contributed by atoms with Crippen LogP contribution in [0.1, 0.15) is 78.0 Å². The van der Waals surface area contributed by atoms with Crippen LogP contribution in [0, 0.1) is 0 Å². The van der Waals surface area contributed by atoms with Gasteiger partial charge in [-0.15, -0.1) is 0 Å². The molecule has 0 atom stereocenters. The first-order valence-electron chi connectivity index (χ1n) is 23.8. The maximum absolute atomic E-state index is 7.05. The van der Waals surface area contributed by atoms with E-state index in [0.717, 1.165) is 64.9 Å². The van der Waals surface area contributed by atoms with E-state index in [2.05, 4.69) is 228 Å². The van der Waals surface area contributed by atoms with Crippen LogP contribution < -0.4 is 16.2 Å². The number of furan rings is 1. The second kappa shape index (κ2) is 14.7. The third kappa shape index (κ3) is 6.40. The molecule has 8 aromatic carbocycles. The molecule has 0 saturated heterocycles. The minimum Gasteiger partial charge on any atom is -0.455 e. The highest BCUT2D eigenvalue weighted by Gasteiger charge is 2.39. The Labute approximate surface area is 389 Å². The Bertz CT molecular complexity index is 3530. The number of nitrogens with one attached hydrogen (secondary N) is 1. The summed E-state index contributed by atoms with van der Waals surface area (Å²) in [6.45, 7) is 16.6. The van der Waals surface area contributed by atoms with Crippen LogP contribution in [0.5, 0.6) is 0 Å². The molecule has 66 heavy (non-hydrogen) atoms. The van der Waals surface area contributed by atoms with Gasteiger partial charge in [-0.3, -0.25) is 0 Å². The van der Waals surface area contributed by atoms with Gasteiger partial charge in [-0.25, -0.2) is 0 Å². The number of fused-ring (bicyclic) bond motifs is 7. The van der Waals surface area contributed by atoms with Crippen LogP contribution in [0.2, 0.25) is 0 Å². The average Bonchev–Trinajstić information content (AvgIpc) is 3.87. The van der Waals surface area contributed by atoms with Crippen LogP contribution in [0.4, 0.5) is 11.4 Å². The first-order valence-corrected chi connectivity index (χ1v) is 23.8. The summed E-state index contributed by atoms with van der Waals surface area (Å²) < 4.78 is 9.70. The molecule has 12 rings (SSSR count). The van der Waals surface area contributed by atoms with Crippen molar-refractivity contribution in [1.82, 2.24) is 4.57 Å². The molecule has 0 unspecified atom stereocenters. The van der Waals surface area contributed by atoms with Crippen molar-refractivity contribution in [3.05, 3.63) is 187 Å². The van der Waals surface area contributed by atoms with E-state index in [1.165, 1.54) is 77.4 Å². The van der Waals surface area contributed by atoms with Crippen LogP contribution in [-0.4, -0.2) is 11.8 Å². The van der Waals surface area contributed by atoms with E-state index in [0.29, 0.717) is 0 Å². The van der Waals surface area contributed by atoms with E-state index in [1.807, 2.05) is 0 Å². The van der Waals surface area contributed by atoms with Crippen molar-refractivity contribution >= 4 is 62.4 Å². The van der Waals surface area contributed by atoms with E-state index in [9.17, 15) is 0 Å². The molecule has 4 heteroatoms. The summed E-state index contributed by atoms with van der Waals surface area (Å²) in [7, 11) is 0.760. The Morgan fingerprint density at radius 2 is 1.18 bits per heavy atom. The zero-order valence-electron chi connectivity index (χ0n) is 39.1. The van der Waals surface area contributed by atoms with E-state index in [1.54, 1.807) is 0 Å². The molecule has 0 radical (unpaired) electrons. The highest BCUT2D eigenvalue weighted by molar-refractivity contribution is 6.74. The van der Waals surface area contributed by atoms with Gasteiger partial charge >= 0.3 is 0 Å². The van der Waals surface area contributed by atoms with Gasteiger partial charge in [0.1, 0.15) is 11.3 Å². The Kier molecular flexibility index (Phi) is 9.04. The second-order valence-corrected chi connectivity index (χ2v) is 21.2. The van der Waals surface area contributed by atoms with Gasteiger partial charge in [-0.05, 0) is 122 Å². The van der Waals surface area contributed by atoms with Gasteiger partial charge in [0.15, 0.2) is 7.28 Å². The fourth-order valence-electron chi connectivity index (χ4n) is 11.3. The molecule has 0 bridgehead atoms. The van der Waals surface area contributed by atoms with Gasteiger partial charge in [-0.2, -0.15) is 0 Å². The number of rotatable bonds is 6. The first kappa shape index (κ1) is 40.5. The van der Waals surface area contributed by atoms with Crippen LogP contribution in [0.3, 0.4) is 0 Å². The van der Waals surface area contributed by atoms with Crippen molar-refractivity contribution in [3.63, 3.8) is 0 Å². The summed E-state index contributed by atoms with van der Waals surface area (Å²) in [5.41, 5.74) is 22.2. The van der Waals surface area contributed by atoms with Crippen molar-refractivity contribution < 1.29 is 4.42 Å². The highest BCUT2D eigenvalue weighted by atomic mass is 16.3. The first-order chi connectivity index (χ1) is 31.8. The van der Waals surface area contributed by atoms with E-state index in [4.69, 9.17) is 4.42 Å². The zero-order chi connectivity index (χ0) is 45.1. The molecule has 3 nitrogen and oxygen atoms in total. The molecule has 0 amide bonds. The molecule has 10 aromatic rings. The lowest BCUT2D eigenvalue weighted by molar-refractivity contribution is 0.332. The maximum Gasteiger partial charge on any atom is 0.198 e. The molecule has 0 spiro atoms. The van der Waals surface area contributed by atoms with Crippen LogP contribution in [0.25, 0.3) is 83.2 Å². The van der Waals surface area contributed by atoms with E-state index >= 15 is 0 Å². The van der Waals surface area contributed by atoms with Gasteiger partial charge in [0.2, 0.25) is 0 Å². The number of anilines is 2. The molecule has 2 aromatic heterocycles. The fraction of sp³-hybridized carbons (Fsp3) is 0.194. The predicted octanol–water partition coefficient (Wildman–Crippen LogP) is 15.3. The lowest BCUT2D eigenvalue weighted by atomic mass is 9.58. The Balaban J connectivity index is 1.20. The van der Waals surface area contributed by atoms with Crippen molar-refractivity contribution in [3.8, 4) is 50.4 Å². The van der Waals surface area contributed by atoms with Crippen LogP contribution in [0.15, 0.2) is 174 Å². The van der Waals surface area contributed by atoms with Gasteiger partial charge in [0.25, 0.3) is 0 Å². The molecule has 0 fully saturated rings. The Morgan fingerprint density at radius 3 is 1.85 bits per heavy atom. The van der Waals surface area contributed by atoms with E-state index in [-0.39, 0.29) is 16.2 Å². The van der Waals surface area contributed by atoms with Crippen molar-refractivity contribution in [2.24, 2.45) is 0 Å². The summed E-state index contributed by atoms with van der Waals surface area (Å²) >= 11 is 0. The lowest BCUT2D eigenvalue weighted by Gasteiger charge is -2.42. The molecule has 1 aliphatic carbocycles. The molecule has 3 heterocycles. The summed E-state index contributed by atoms with van der Waals surface area (Å²) in [6, 6.07) is 62.8. The topological polar surface area (TPSA) is 30.1 Å². The SMILES string of the molecule is CC(C)(C)c1ccc(Nc2ccccc2-c2cc(-c3ccccc3)c3c4cc5c(cc4n4c3c2Bc2cc3oc(-c6ccccc6)c(-c6ccccc6)c3cc2-4)C(C)(C)CCC5(C)C)cc1. The summed E-state index contributed by atoms with van der Waals surface area (Å²) in [6.07, 6.45) is 2.31. The molecule has 1 aliphatic heterocycles. The van der Waals surface area contributed by atoms with Gasteiger partial charge in [-0.1, -0.05) is 175 Å². The lowest BCUT2D eigenvalue weighted by Crippen LogP contribution is -2.37. The van der Waals surface area contributed by atoms with Gasteiger partial charge in [0, 0.05) is 55.4 Å². The molecule has 322 valence electrons. The number of hydrogen-bond acceptors (Lipinski definition) is 2. The third-order valence-electron chi connectivity index (χ3n) is 15.0. The minimum atomic E-state index is 0.0405. The number of benzene rings is 8. The largest absolute Gasteiger partial charge is 0.455 e. The highest BCUT2D eigenvalue weighted by Crippen LogP contribution is 2.51. The van der Waals surface area contributed by atoms with Crippen LogP contribution >= 0.6 is 0 Å². The predicted molar refractivity (Wildman–Crippen MR) is 282 cm³/mol. The maximum atomic E-state index is 7.05. The monoisotopic (exact) mass is 854 g/mol. The molecular formula is C62H55BN2O. The molecular weight excluding hydrogens is 800 g/mol. The van der Waals surface area contributed by atoms with Crippen molar-refractivity contribution in [2.75, 3.05) is 5.32 Å². The average molecular weight is 855 g/mol. The summed E-state index contributed by atoms with van der Waals surface area (Å²) in [5.74, 6) is 0.903. The number of aromatic nitrogens is 1. The Hall–Kier alpha value is -7.04. The second-order valence-electron chi connectivity index (χ2n) is 21.2. The number of para-hydroxylation sites is 1. The molecule has 0 saturated carbocycles. The summed E-state index contributed by atoms with van der Waals surface area (Å²) in [4.78, 5) is 0. The standard InChI is InChI=1S/C62H55BN2O/c1-60(2,3)41-27-29-42(30-28-41)64-51-26-18-17-25-43(51)45-33-44(38-19-11-8-12-20-38)56-46-34-48-49(62(6,7)32-31-61(48,4)5)36-52(46)65-53-35-47-54(37-50(53)63-57(45)58(56)65)66-59(40-23-15-10-16-24-40)55(47)39-21-13-9-14-22-39/h8-30,33-37,63-64H,31-32H2,1-7H3. The van der Waals surface area contributed by atoms with Crippen molar-refractivity contribution in [2.45, 2.75) is 77.6 Å². The fourth-order valence-corrected chi connectivity index (χ4v) is 11.3. The zero-order valence-corrected chi connectivity index (χ0v) is 39.1. The van der Waals surface area contributed by atoms with Gasteiger partial charge in [0.05, 0.1) is 5.52 Å². The smallest absolute Gasteiger partial charge is 0.198 e. The Morgan fingerprint density at radius 1 is 0.576 bits per heavy atom. The number of nitrogens with zero attached hydrogens (tertiary/aromatic N) is 1. The summed E-state index contributed by atoms with van der Waals surface area (Å²) in [5, 5.41) is 7.66.